The molecule has 3 nitrogen and oxygen atoms in total. The zero-order valence-electron chi connectivity index (χ0n) is 19.5. The molecule has 5 rings (SSSR count). The lowest BCUT2D eigenvalue weighted by molar-refractivity contribution is 0.218. The molecular formula is C28H30N2OS2. The Morgan fingerprint density at radius 3 is 2.36 bits per heavy atom. The molecule has 5 heteroatoms. The molecule has 1 atom stereocenters. The Balaban J connectivity index is 1.58. The van der Waals surface area contributed by atoms with E-state index in [1.807, 2.05) is 28.8 Å². The summed E-state index contributed by atoms with van der Waals surface area (Å²) < 4.78 is 1.90. The summed E-state index contributed by atoms with van der Waals surface area (Å²) in [5.74, 6) is 1.45. The fourth-order valence-electron chi connectivity index (χ4n) is 4.72. The molecule has 0 saturated heterocycles. The van der Waals surface area contributed by atoms with Gasteiger partial charge in [-0.3, -0.25) is 9.36 Å². The average molecular weight is 475 g/mol. The van der Waals surface area contributed by atoms with Crippen molar-refractivity contribution in [2.24, 2.45) is 11.3 Å². The maximum absolute atomic E-state index is 13.9. The van der Waals surface area contributed by atoms with Crippen LogP contribution in [0.5, 0.6) is 0 Å². The molecule has 0 unspecified atom stereocenters. The third-order valence-electron chi connectivity index (χ3n) is 6.75. The van der Waals surface area contributed by atoms with Gasteiger partial charge in [0.05, 0.1) is 11.9 Å². The van der Waals surface area contributed by atoms with Gasteiger partial charge in [0.1, 0.15) is 4.83 Å². The third kappa shape index (κ3) is 4.67. The molecule has 0 bridgehead atoms. The summed E-state index contributed by atoms with van der Waals surface area (Å²) in [7, 11) is 0. The van der Waals surface area contributed by atoms with Crippen LogP contribution in [-0.4, -0.2) is 9.55 Å². The Hall–Kier alpha value is -2.37. The molecule has 0 saturated carbocycles. The molecule has 0 aliphatic heterocycles. The molecule has 2 aromatic carbocycles. The minimum atomic E-state index is 0.117. The van der Waals surface area contributed by atoms with Gasteiger partial charge in [0.2, 0.25) is 0 Å². The van der Waals surface area contributed by atoms with Gasteiger partial charge in [-0.15, -0.1) is 11.3 Å². The third-order valence-corrected chi connectivity index (χ3v) is 8.95. The van der Waals surface area contributed by atoms with Crippen LogP contribution in [0.15, 0.2) is 70.6 Å². The molecule has 170 valence electrons. The lowest BCUT2D eigenvalue weighted by Crippen LogP contribution is -2.27. The van der Waals surface area contributed by atoms with Crippen LogP contribution in [0.2, 0.25) is 0 Å². The number of rotatable bonds is 5. The van der Waals surface area contributed by atoms with Gasteiger partial charge in [0, 0.05) is 10.6 Å². The van der Waals surface area contributed by atoms with Gasteiger partial charge in [-0.2, -0.15) is 0 Å². The Bertz CT molecular complexity index is 1320. The summed E-state index contributed by atoms with van der Waals surface area (Å²) in [6.45, 7) is 7.55. The highest BCUT2D eigenvalue weighted by Gasteiger charge is 2.32. The fourth-order valence-corrected chi connectivity index (χ4v) is 7.01. The first-order valence-corrected chi connectivity index (χ1v) is 13.5. The highest BCUT2D eigenvalue weighted by molar-refractivity contribution is 7.98. The van der Waals surface area contributed by atoms with Crippen molar-refractivity contribution in [3.8, 4) is 0 Å². The highest BCUT2D eigenvalue weighted by atomic mass is 32.2. The molecule has 0 radical (unpaired) electrons. The topological polar surface area (TPSA) is 34.9 Å². The van der Waals surface area contributed by atoms with Crippen LogP contribution in [0.3, 0.4) is 0 Å². The Morgan fingerprint density at radius 2 is 1.70 bits per heavy atom. The van der Waals surface area contributed by atoms with Crippen LogP contribution >= 0.6 is 23.1 Å². The average Bonchev–Trinajstić information content (AvgIpc) is 3.18. The van der Waals surface area contributed by atoms with E-state index in [2.05, 4.69) is 57.2 Å². The van der Waals surface area contributed by atoms with Crippen molar-refractivity contribution in [3.05, 3.63) is 92.6 Å². The van der Waals surface area contributed by atoms with E-state index in [0.29, 0.717) is 12.5 Å². The lowest BCUT2D eigenvalue weighted by atomic mass is 9.72. The van der Waals surface area contributed by atoms with Crippen molar-refractivity contribution >= 4 is 33.3 Å². The first kappa shape index (κ1) is 22.4. The first-order chi connectivity index (χ1) is 15.9. The van der Waals surface area contributed by atoms with Gasteiger partial charge in [-0.05, 0) is 47.3 Å². The largest absolute Gasteiger partial charge is 0.283 e. The zero-order valence-corrected chi connectivity index (χ0v) is 21.1. The van der Waals surface area contributed by atoms with Crippen LogP contribution in [0, 0.1) is 11.3 Å². The molecule has 2 aromatic heterocycles. The smallest absolute Gasteiger partial charge is 0.263 e. The van der Waals surface area contributed by atoms with E-state index in [9.17, 15) is 4.79 Å². The molecule has 0 N–H and O–H groups in total. The fraction of sp³-hybridized carbons (Fsp3) is 0.357. The predicted molar refractivity (Wildman–Crippen MR) is 140 cm³/mol. The van der Waals surface area contributed by atoms with Gasteiger partial charge in [0.15, 0.2) is 5.16 Å². The number of hydrogen-bond acceptors (Lipinski definition) is 4. The minimum Gasteiger partial charge on any atom is -0.283 e. The summed E-state index contributed by atoms with van der Waals surface area (Å²) >= 11 is 3.40. The number of hydrogen-bond donors (Lipinski definition) is 0. The summed E-state index contributed by atoms with van der Waals surface area (Å²) in [6.07, 6.45) is 3.19. The Labute approximate surface area is 203 Å². The summed E-state index contributed by atoms with van der Waals surface area (Å²) in [5, 5.41) is 1.67. The second-order valence-electron chi connectivity index (χ2n) is 10.0. The molecule has 33 heavy (non-hydrogen) atoms. The standard InChI is InChI=1S/C28H30N2OS2/c1-28(2,3)21-14-15-22-23(16-21)33-25-24(22)26(31)30(17-19-10-6-4-7-11-19)27(29-25)32-18-20-12-8-5-9-13-20/h4-13,21H,14-18H2,1-3H3/t21-/m0/s1. The van der Waals surface area contributed by atoms with E-state index in [1.54, 1.807) is 23.1 Å². The van der Waals surface area contributed by atoms with Crippen LogP contribution in [0.4, 0.5) is 0 Å². The molecule has 1 aliphatic carbocycles. The van der Waals surface area contributed by atoms with E-state index >= 15 is 0 Å². The SMILES string of the molecule is CC(C)(C)[C@H]1CCc2c(sc3nc(SCc4ccccc4)n(Cc4ccccc4)c(=O)c23)C1. The van der Waals surface area contributed by atoms with Crippen molar-refractivity contribution in [2.45, 2.75) is 57.5 Å². The van der Waals surface area contributed by atoms with Crippen LogP contribution < -0.4 is 5.56 Å². The quantitative estimate of drug-likeness (QED) is 0.232. The number of nitrogens with zero attached hydrogens (tertiary/aromatic N) is 2. The molecule has 1 aliphatic rings. The second-order valence-corrected chi connectivity index (χ2v) is 12.1. The Kier molecular flexibility index (Phi) is 6.19. The first-order valence-electron chi connectivity index (χ1n) is 11.7. The van der Waals surface area contributed by atoms with Gasteiger partial charge in [0.25, 0.3) is 5.56 Å². The van der Waals surface area contributed by atoms with Gasteiger partial charge >= 0.3 is 0 Å². The number of thioether (sulfide) groups is 1. The zero-order chi connectivity index (χ0) is 23.0. The van der Waals surface area contributed by atoms with E-state index < -0.39 is 0 Å². The van der Waals surface area contributed by atoms with Crippen molar-refractivity contribution in [2.75, 3.05) is 0 Å². The normalized spacial score (nSPS) is 16.2. The number of aromatic nitrogens is 2. The maximum Gasteiger partial charge on any atom is 0.263 e. The minimum absolute atomic E-state index is 0.117. The van der Waals surface area contributed by atoms with Crippen molar-refractivity contribution in [3.63, 3.8) is 0 Å². The summed E-state index contributed by atoms with van der Waals surface area (Å²) in [4.78, 5) is 21.3. The number of fused-ring (bicyclic) bond motifs is 3. The molecule has 4 aromatic rings. The monoisotopic (exact) mass is 474 g/mol. The number of thiophene rings is 1. The molecule has 0 spiro atoms. The maximum atomic E-state index is 13.9. The lowest BCUT2D eigenvalue weighted by Gasteiger charge is -2.33. The van der Waals surface area contributed by atoms with E-state index in [4.69, 9.17) is 4.98 Å². The van der Waals surface area contributed by atoms with Gasteiger partial charge < -0.3 is 0 Å². The van der Waals surface area contributed by atoms with Gasteiger partial charge in [-0.1, -0.05) is 93.2 Å². The predicted octanol–water partition coefficient (Wildman–Crippen LogP) is 6.95. The Morgan fingerprint density at radius 1 is 1.03 bits per heavy atom. The van der Waals surface area contributed by atoms with E-state index in [0.717, 1.165) is 46.0 Å². The summed E-state index contributed by atoms with van der Waals surface area (Å²) in [6, 6.07) is 20.6. The van der Waals surface area contributed by atoms with Crippen LogP contribution in [-0.2, 0) is 25.1 Å². The summed E-state index contributed by atoms with van der Waals surface area (Å²) in [5.41, 5.74) is 4.02. The molecule has 2 heterocycles. The van der Waals surface area contributed by atoms with E-state index in [1.165, 1.54) is 16.0 Å². The molecule has 0 fully saturated rings. The van der Waals surface area contributed by atoms with Crippen molar-refractivity contribution in [1.82, 2.24) is 9.55 Å². The van der Waals surface area contributed by atoms with Crippen LogP contribution in [0.1, 0.15) is 48.8 Å². The highest BCUT2D eigenvalue weighted by Crippen LogP contribution is 2.42. The van der Waals surface area contributed by atoms with Crippen molar-refractivity contribution < 1.29 is 0 Å². The van der Waals surface area contributed by atoms with E-state index in [-0.39, 0.29) is 11.0 Å². The van der Waals surface area contributed by atoms with Crippen LogP contribution in [0.25, 0.3) is 10.2 Å². The molecule has 0 amide bonds. The second kappa shape index (κ2) is 9.11. The number of benzene rings is 2. The molecular weight excluding hydrogens is 444 g/mol. The number of aryl methyl sites for hydroxylation is 1. The van der Waals surface area contributed by atoms with Gasteiger partial charge in [-0.25, -0.2) is 4.98 Å². The van der Waals surface area contributed by atoms with Crippen molar-refractivity contribution in [1.29, 1.82) is 0 Å².